The zero-order valence-electron chi connectivity index (χ0n) is 28.7. The molecule has 7 N–H and O–H groups in total. The molecule has 12 heteroatoms. The maximum absolute atomic E-state index is 14.1. The molecule has 0 radical (unpaired) electrons. The van der Waals surface area contributed by atoms with Gasteiger partial charge in [0.1, 0.15) is 12.1 Å². The van der Waals surface area contributed by atoms with Crippen molar-refractivity contribution in [2.45, 2.75) is 115 Å². The van der Waals surface area contributed by atoms with Gasteiger partial charge in [-0.3, -0.25) is 14.4 Å². The van der Waals surface area contributed by atoms with Gasteiger partial charge in [0.2, 0.25) is 11.8 Å². The van der Waals surface area contributed by atoms with Crippen LogP contribution in [0.25, 0.3) is 0 Å². The highest BCUT2D eigenvalue weighted by atomic mass is 16.6. The Bertz CT molecular complexity index is 1330. The fraction of sp³-hybridized carbons (Fsp3) is 0.583. The van der Waals surface area contributed by atoms with E-state index in [1.165, 1.54) is 26.6 Å². The predicted molar refractivity (Wildman–Crippen MR) is 183 cm³/mol. The highest BCUT2D eigenvalue weighted by molar-refractivity contribution is 5.94. The molecule has 1 aromatic carbocycles. The molecule has 0 aliphatic heterocycles. The summed E-state index contributed by atoms with van der Waals surface area (Å²) in [4.78, 5) is 59.8. The molecule has 1 aromatic heterocycles. The topological polar surface area (TPSA) is 189 Å². The average Bonchev–Trinajstić information content (AvgIpc) is 3.56. The van der Waals surface area contributed by atoms with E-state index in [0.29, 0.717) is 24.5 Å². The van der Waals surface area contributed by atoms with Crippen molar-refractivity contribution in [3.05, 3.63) is 66.8 Å². The van der Waals surface area contributed by atoms with Crippen molar-refractivity contribution in [1.82, 2.24) is 25.9 Å². The lowest BCUT2D eigenvalue weighted by atomic mass is 9.81. The van der Waals surface area contributed by atoms with Gasteiger partial charge in [0.15, 0.2) is 5.60 Å². The monoisotopic (exact) mass is 666 g/mol. The Morgan fingerprint density at radius 1 is 1.04 bits per heavy atom. The van der Waals surface area contributed by atoms with E-state index in [-0.39, 0.29) is 24.7 Å². The van der Waals surface area contributed by atoms with Crippen LogP contribution in [0.2, 0.25) is 0 Å². The highest BCUT2D eigenvalue weighted by Crippen LogP contribution is 2.30. The number of aliphatic hydroxyl groups excluding tert-OH is 1. The van der Waals surface area contributed by atoms with Crippen LogP contribution in [0.15, 0.2) is 55.5 Å². The van der Waals surface area contributed by atoms with Gasteiger partial charge in [-0.25, -0.2) is 9.78 Å². The van der Waals surface area contributed by atoms with Gasteiger partial charge in [0, 0.05) is 19.0 Å². The third kappa shape index (κ3) is 12.1. The summed E-state index contributed by atoms with van der Waals surface area (Å²) in [6, 6.07) is 6.35. The molecule has 5 atom stereocenters. The minimum absolute atomic E-state index is 0.0652. The second-order valence-corrected chi connectivity index (χ2v) is 13.8. The molecule has 264 valence electrons. The summed E-state index contributed by atoms with van der Waals surface area (Å²) >= 11 is 0. The van der Waals surface area contributed by atoms with Gasteiger partial charge in [-0.2, -0.15) is 0 Å². The van der Waals surface area contributed by atoms with Crippen molar-refractivity contribution in [2.75, 3.05) is 0 Å². The summed E-state index contributed by atoms with van der Waals surface area (Å²) in [5, 5.41) is 20.1. The normalized spacial score (nSPS) is 17.0. The van der Waals surface area contributed by atoms with Gasteiger partial charge in [0.05, 0.1) is 24.2 Å². The van der Waals surface area contributed by atoms with Crippen molar-refractivity contribution >= 4 is 23.8 Å². The summed E-state index contributed by atoms with van der Waals surface area (Å²) in [6.07, 6.45) is 9.78. The number of amides is 4. The molecule has 1 saturated carbocycles. The number of hydrogen-bond donors (Lipinski definition) is 6. The lowest BCUT2D eigenvalue weighted by Gasteiger charge is -2.33. The van der Waals surface area contributed by atoms with Crippen molar-refractivity contribution in [2.24, 2.45) is 23.5 Å². The Balaban J connectivity index is 1.87. The van der Waals surface area contributed by atoms with Crippen LogP contribution in [-0.4, -0.2) is 68.7 Å². The molecule has 1 fully saturated rings. The van der Waals surface area contributed by atoms with Crippen LogP contribution in [0.3, 0.4) is 0 Å². The second kappa shape index (κ2) is 18.4. The molecular weight excluding hydrogens is 612 g/mol. The number of aromatic nitrogens is 2. The van der Waals surface area contributed by atoms with Crippen LogP contribution in [-0.2, 0) is 32.0 Å². The molecular formula is C36H54N6O6. The number of ether oxygens (including phenoxy) is 1. The molecule has 12 nitrogen and oxygen atoms in total. The minimum atomic E-state index is -1.66. The first kappa shape index (κ1) is 38.3. The maximum Gasteiger partial charge on any atom is 0.405 e. The smallest absolute Gasteiger partial charge is 0.405 e. The molecule has 1 heterocycles. The van der Waals surface area contributed by atoms with Gasteiger partial charge >= 0.3 is 6.09 Å². The van der Waals surface area contributed by atoms with Gasteiger partial charge in [0.25, 0.3) is 5.91 Å². The number of carbonyl (C=O) groups is 4. The number of hydrogen-bond acceptors (Lipinski definition) is 7. The van der Waals surface area contributed by atoms with Crippen LogP contribution in [0.1, 0.15) is 83.9 Å². The van der Waals surface area contributed by atoms with Crippen molar-refractivity contribution in [1.29, 1.82) is 0 Å². The zero-order valence-corrected chi connectivity index (χ0v) is 28.7. The van der Waals surface area contributed by atoms with E-state index >= 15 is 0 Å². The van der Waals surface area contributed by atoms with Gasteiger partial charge in [-0.1, -0.05) is 82.4 Å². The van der Waals surface area contributed by atoms with Crippen LogP contribution in [0.5, 0.6) is 0 Å². The maximum atomic E-state index is 14.1. The minimum Gasteiger partial charge on any atom is -0.434 e. The number of imidazole rings is 1. The third-order valence-electron chi connectivity index (χ3n) is 9.18. The van der Waals surface area contributed by atoms with Gasteiger partial charge in [-0.05, 0) is 50.0 Å². The van der Waals surface area contributed by atoms with E-state index < -0.39 is 53.6 Å². The van der Waals surface area contributed by atoms with Crippen molar-refractivity contribution in [3.63, 3.8) is 0 Å². The number of benzene rings is 1. The Kier molecular flexibility index (Phi) is 14.6. The Labute approximate surface area is 284 Å². The number of H-pyrrole nitrogens is 1. The standard InChI is InChI=1S/C36H54N6O6/c1-6-26(23(2)3)19-31(43)28(17-24-13-9-7-10-14-24)40-33(45)30(20-27-21-38-22-39-27)41-32(44)29(18-25-15-11-8-12-16-25)42-34(46)36(4,5)48-35(37)47/h6,8,11-12,15-16,21-24,26,28-31,43H,1,7,9-10,13-14,17-20H2,2-5H3,(H2,37,47)(H,38,39)(H,40,45)(H,41,44)(H,42,46)/t26-,28-,29-,30-,31-/m0/s1. The molecule has 3 rings (SSSR count). The molecule has 48 heavy (non-hydrogen) atoms. The number of carbonyl (C=O) groups excluding carboxylic acids is 4. The summed E-state index contributed by atoms with van der Waals surface area (Å²) < 4.78 is 4.99. The lowest BCUT2D eigenvalue weighted by molar-refractivity contribution is -0.140. The van der Waals surface area contributed by atoms with Crippen molar-refractivity contribution in [3.8, 4) is 0 Å². The number of allylic oxidation sites excluding steroid dienone is 1. The molecule has 0 unspecified atom stereocenters. The Hall–Kier alpha value is -4.19. The van der Waals surface area contributed by atoms with E-state index in [2.05, 4.69) is 46.3 Å². The van der Waals surface area contributed by atoms with E-state index in [4.69, 9.17) is 10.5 Å². The summed E-state index contributed by atoms with van der Waals surface area (Å²) in [5.41, 5.74) is 4.82. The first-order chi connectivity index (χ1) is 22.8. The molecule has 1 aliphatic rings. The molecule has 4 amide bonds. The van der Waals surface area contributed by atoms with Crippen LogP contribution >= 0.6 is 0 Å². The van der Waals surface area contributed by atoms with Crippen LogP contribution < -0.4 is 21.7 Å². The third-order valence-corrected chi connectivity index (χ3v) is 9.18. The van der Waals surface area contributed by atoms with E-state index in [1.54, 1.807) is 6.20 Å². The lowest BCUT2D eigenvalue weighted by Crippen LogP contribution is -2.59. The Morgan fingerprint density at radius 2 is 1.69 bits per heavy atom. The Morgan fingerprint density at radius 3 is 2.27 bits per heavy atom. The number of rotatable bonds is 18. The zero-order chi connectivity index (χ0) is 35.3. The van der Waals surface area contributed by atoms with Crippen molar-refractivity contribution < 1.29 is 29.0 Å². The highest BCUT2D eigenvalue weighted by Gasteiger charge is 2.36. The van der Waals surface area contributed by atoms with Crippen LogP contribution in [0, 0.1) is 17.8 Å². The van der Waals surface area contributed by atoms with E-state index in [0.717, 1.165) is 31.2 Å². The summed E-state index contributed by atoms with van der Waals surface area (Å²) in [5.74, 6) is -1.11. The largest absolute Gasteiger partial charge is 0.434 e. The molecule has 0 spiro atoms. The fourth-order valence-electron chi connectivity index (χ4n) is 6.24. The number of aromatic amines is 1. The van der Waals surface area contributed by atoms with E-state index in [1.807, 2.05) is 36.4 Å². The predicted octanol–water partition coefficient (Wildman–Crippen LogP) is 3.70. The van der Waals surface area contributed by atoms with Crippen LogP contribution in [0.4, 0.5) is 4.79 Å². The summed E-state index contributed by atoms with van der Waals surface area (Å²) in [7, 11) is 0. The summed E-state index contributed by atoms with van der Waals surface area (Å²) in [6.45, 7) is 10.8. The molecule has 0 bridgehead atoms. The number of aliphatic hydroxyl groups is 1. The number of nitrogens with one attached hydrogen (secondary N) is 4. The number of nitrogens with zero attached hydrogens (tertiary/aromatic N) is 1. The fourth-order valence-corrected chi connectivity index (χ4v) is 6.24. The number of nitrogens with two attached hydrogens (primary N) is 1. The van der Waals surface area contributed by atoms with Gasteiger partial charge in [-0.15, -0.1) is 6.58 Å². The molecule has 1 aliphatic carbocycles. The average molecular weight is 667 g/mol. The van der Waals surface area contributed by atoms with E-state index in [9.17, 15) is 24.3 Å². The molecule has 0 saturated heterocycles. The number of primary amides is 1. The first-order valence-corrected chi connectivity index (χ1v) is 17.0. The first-order valence-electron chi connectivity index (χ1n) is 17.0. The molecule has 2 aromatic rings. The quantitative estimate of drug-likeness (QED) is 0.131. The second-order valence-electron chi connectivity index (χ2n) is 13.8. The SMILES string of the molecule is C=C[C@@H](C[C@H](O)[C@H](CC1CCCCC1)NC(=O)[C@H](Cc1c[nH]cn1)NC(=O)[C@H](Cc1ccccc1)NC(=O)C(C)(C)OC(N)=O)C(C)C. The van der Waals surface area contributed by atoms with Gasteiger partial charge < -0.3 is 36.5 Å².